The molecule has 0 spiro atoms. The maximum atomic E-state index is 2.26. The molecule has 0 saturated carbocycles. The molecule has 1 aromatic rings. The van der Waals surface area contributed by atoms with Gasteiger partial charge in [0.1, 0.15) is 0 Å². The number of nitrogens with zero attached hydrogens (tertiary/aromatic N) is 1. The van der Waals surface area contributed by atoms with E-state index in [0.717, 1.165) is 0 Å². The minimum atomic E-state index is 0.257. The molecule has 0 radical (unpaired) electrons. The lowest BCUT2D eigenvalue weighted by molar-refractivity contribution is 0.539. The Morgan fingerprint density at radius 3 is 1.83 bits per heavy atom. The van der Waals surface area contributed by atoms with Crippen molar-refractivity contribution in [3.8, 4) is 0 Å². The van der Waals surface area contributed by atoms with Crippen molar-refractivity contribution in [2.24, 2.45) is 7.05 Å². The first-order valence-corrected chi connectivity index (χ1v) is 4.47. The van der Waals surface area contributed by atoms with Crippen LogP contribution in [0.2, 0.25) is 0 Å². The Balaban J connectivity index is 3.32. The molecular weight excluding hydrogens is 146 g/mol. The van der Waals surface area contributed by atoms with Gasteiger partial charge < -0.3 is 4.57 Å². The summed E-state index contributed by atoms with van der Waals surface area (Å²) >= 11 is 0. The molecule has 12 heavy (non-hydrogen) atoms. The Morgan fingerprint density at radius 1 is 1.17 bits per heavy atom. The third-order valence-electron chi connectivity index (χ3n) is 2.40. The average molecular weight is 165 g/mol. The number of aromatic nitrogens is 1. The Labute approximate surface area is 75.4 Å². The molecular formula is C11H19N. The van der Waals surface area contributed by atoms with Crippen molar-refractivity contribution < 1.29 is 0 Å². The molecule has 68 valence electrons. The Morgan fingerprint density at radius 2 is 1.67 bits per heavy atom. The van der Waals surface area contributed by atoms with E-state index in [9.17, 15) is 0 Å². The second-order valence-corrected chi connectivity index (χ2v) is 4.65. The predicted molar refractivity (Wildman–Crippen MR) is 53.6 cm³/mol. The van der Waals surface area contributed by atoms with Gasteiger partial charge in [0, 0.05) is 24.4 Å². The second kappa shape index (κ2) is 2.65. The maximum Gasteiger partial charge on any atom is 0.0257 e. The zero-order valence-electron chi connectivity index (χ0n) is 9.02. The van der Waals surface area contributed by atoms with Crippen LogP contribution in [0.1, 0.15) is 37.6 Å². The van der Waals surface area contributed by atoms with Crippen LogP contribution in [0.25, 0.3) is 0 Å². The van der Waals surface area contributed by atoms with Crippen molar-refractivity contribution in [1.29, 1.82) is 0 Å². The second-order valence-electron chi connectivity index (χ2n) is 4.65. The molecule has 0 aliphatic carbocycles. The summed E-state index contributed by atoms with van der Waals surface area (Å²) in [7, 11) is 2.13. The molecule has 0 fully saturated rings. The van der Waals surface area contributed by atoms with Gasteiger partial charge in [0.2, 0.25) is 0 Å². The summed E-state index contributed by atoms with van der Waals surface area (Å²) in [5, 5.41) is 0. The highest BCUT2D eigenvalue weighted by molar-refractivity contribution is 5.33. The van der Waals surface area contributed by atoms with Crippen molar-refractivity contribution >= 4 is 0 Å². The Hall–Kier alpha value is -0.720. The fourth-order valence-corrected chi connectivity index (χ4v) is 1.99. The van der Waals surface area contributed by atoms with E-state index in [0.29, 0.717) is 0 Å². The van der Waals surface area contributed by atoms with E-state index >= 15 is 0 Å². The number of hydrogen-bond donors (Lipinski definition) is 0. The van der Waals surface area contributed by atoms with Crippen molar-refractivity contribution in [3.05, 3.63) is 23.0 Å². The number of rotatable bonds is 0. The first-order valence-electron chi connectivity index (χ1n) is 4.47. The lowest BCUT2D eigenvalue weighted by Crippen LogP contribution is -2.16. The van der Waals surface area contributed by atoms with Crippen LogP contribution in [-0.4, -0.2) is 4.57 Å². The van der Waals surface area contributed by atoms with Gasteiger partial charge in [-0.25, -0.2) is 0 Å². The summed E-state index contributed by atoms with van der Waals surface area (Å²) in [5.41, 5.74) is 4.53. The molecule has 1 rings (SSSR count). The minimum Gasteiger partial charge on any atom is -0.353 e. The topological polar surface area (TPSA) is 4.93 Å². The van der Waals surface area contributed by atoms with E-state index in [1.54, 1.807) is 0 Å². The van der Waals surface area contributed by atoms with Crippen molar-refractivity contribution in [1.82, 2.24) is 4.57 Å². The van der Waals surface area contributed by atoms with Crippen LogP contribution in [0.4, 0.5) is 0 Å². The summed E-state index contributed by atoms with van der Waals surface area (Å²) in [6, 6.07) is 0. The molecule has 0 amide bonds. The summed E-state index contributed by atoms with van der Waals surface area (Å²) in [6.45, 7) is 11.2. The summed E-state index contributed by atoms with van der Waals surface area (Å²) in [6.07, 6.45) is 2.20. The van der Waals surface area contributed by atoms with Gasteiger partial charge in [-0.05, 0) is 25.0 Å². The molecule has 0 aliphatic rings. The van der Waals surface area contributed by atoms with Crippen molar-refractivity contribution in [2.45, 2.75) is 40.0 Å². The largest absolute Gasteiger partial charge is 0.353 e. The highest BCUT2D eigenvalue weighted by Gasteiger charge is 2.20. The van der Waals surface area contributed by atoms with Gasteiger partial charge in [0.05, 0.1) is 0 Å². The molecule has 0 aromatic carbocycles. The zero-order chi connectivity index (χ0) is 9.52. The van der Waals surface area contributed by atoms with Crippen LogP contribution in [0.3, 0.4) is 0 Å². The van der Waals surface area contributed by atoms with Crippen molar-refractivity contribution in [2.75, 3.05) is 0 Å². The molecule has 0 unspecified atom stereocenters. The van der Waals surface area contributed by atoms with Crippen LogP contribution >= 0.6 is 0 Å². The van der Waals surface area contributed by atoms with Gasteiger partial charge in [-0.2, -0.15) is 0 Å². The standard InChI is InChI=1S/C11H19N/c1-8-7-12(6)10(9(8)2)11(3,4)5/h7H,1-6H3. The van der Waals surface area contributed by atoms with Crippen LogP contribution < -0.4 is 0 Å². The van der Waals surface area contributed by atoms with E-state index in [2.05, 4.69) is 52.4 Å². The molecule has 1 heterocycles. The van der Waals surface area contributed by atoms with Crippen LogP contribution in [0, 0.1) is 13.8 Å². The average Bonchev–Trinajstić information content (AvgIpc) is 2.05. The van der Waals surface area contributed by atoms with Gasteiger partial charge in [-0.15, -0.1) is 0 Å². The minimum absolute atomic E-state index is 0.257. The first-order chi connectivity index (χ1) is 5.34. The highest BCUT2D eigenvalue weighted by Crippen LogP contribution is 2.27. The smallest absolute Gasteiger partial charge is 0.0257 e. The number of aryl methyl sites for hydroxylation is 2. The maximum absolute atomic E-state index is 2.26. The third kappa shape index (κ3) is 1.40. The number of hydrogen-bond acceptors (Lipinski definition) is 0. The Kier molecular flexibility index (Phi) is 2.07. The fourth-order valence-electron chi connectivity index (χ4n) is 1.99. The molecule has 1 aromatic heterocycles. The molecule has 1 heteroatoms. The molecule has 0 N–H and O–H groups in total. The van der Waals surface area contributed by atoms with Crippen LogP contribution in [0.15, 0.2) is 6.20 Å². The summed E-state index contributed by atoms with van der Waals surface area (Å²) in [5.74, 6) is 0. The van der Waals surface area contributed by atoms with Gasteiger partial charge in [-0.3, -0.25) is 0 Å². The van der Waals surface area contributed by atoms with Crippen molar-refractivity contribution in [3.63, 3.8) is 0 Å². The third-order valence-corrected chi connectivity index (χ3v) is 2.40. The normalized spacial score (nSPS) is 12.2. The summed E-state index contributed by atoms with van der Waals surface area (Å²) < 4.78 is 2.24. The fraction of sp³-hybridized carbons (Fsp3) is 0.636. The lowest BCUT2D eigenvalue weighted by Gasteiger charge is -2.21. The summed E-state index contributed by atoms with van der Waals surface area (Å²) in [4.78, 5) is 0. The Bertz CT molecular complexity index is 287. The molecule has 0 bridgehead atoms. The van der Waals surface area contributed by atoms with Gasteiger partial charge >= 0.3 is 0 Å². The quantitative estimate of drug-likeness (QED) is 0.557. The van der Waals surface area contributed by atoms with Crippen LogP contribution in [-0.2, 0) is 12.5 Å². The van der Waals surface area contributed by atoms with E-state index in [-0.39, 0.29) is 5.41 Å². The van der Waals surface area contributed by atoms with E-state index in [4.69, 9.17) is 0 Å². The van der Waals surface area contributed by atoms with E-state index < -0.39 is 0 Å². The van der Waals surface area contributed by atoms with E-state index in [1.807, 2.05) is 0 Å². The molecule has 1 nitrogen and oxygen atoms in total. The van der Waals surface area contributed by atoms with Gasteiger partial charge in [0.15, 0.2) is 0 Å². The molecule has 0 atom stereocenters. The van der Waals surface area contributed by atoms with Crippen LogP contribution in [0.5, 0.6) is 0 Å². The zero-order valence-corrected chi connectivity index (χ0v) is 9.02. The monoisotopic (exact) mass is 165 g/mol. The molecule has 0 aliphatic heterocycles. The SMILES string of the molecule is Cc1cn(C)c(C(C)(C)C)c1C. The first kappa shape index (κ1) is 9.37. The van der Waals surface area contributed by atoms with E-state index in [1.165, 1.54) is 16.8 Å². The predicted octanol–water partition coefficient (Wildman–Crippen LogP) is 2.94. The highest BCUT2D eigenvalue weighted by atomic mass is 14.9. The van der Waals surface area contributed by atoms with Gasteiger partial charge in [-0.1, -0.05) is 20.8 Å². The molecule has 0 saturated heterocycles. The lowest BCUT2D eigenvalue weighted by atomic mass is 9.89. The van der Waals surface area contributed by atoms with Gasteiger partial charge in [0.25, 0.3) is 0 Å².